The number of nitriles is 1. The van der Waals surface area contributed by atoms with Gasteiger partial charge in [0.15, 0.2) is 21.3 Å². The Morgan fingerprint density at radius 2 is 1.91 bits per heavy atom. The maximum atomic E-state index is 11.6. The Kier molecular flexibility index (Phi) is 2.93. The Labute approximate surface area is 125 Å². The highest BCUT2D eigenvalue weighted by atomic mass is 32.2. The number of pyridine rings is 1. The molecule has 0 aliphatic rings. The van der Waals surface area contributed by atoms with Crippen molar-refractivity contribution < 1.29 is 18.6 Å². The lowest BCUT2D eigenvalue weighted by atomic mass is 10.1. The lowest BCUT2D eigenvalue weighted by Crippen LogP contribution is -1.97. The number of nitrogens with zero attached hydrogens (tertiary/aromatic N) is 2. The molecule has 22 heavy (non-hydrogen) atoms. The number of benzene rings is 2. The van der Waals surface area contributed by atoms with Crippen LogP contribution >= 0.6 is 0 Å². The largest absolute Gasteiger partial charge is 0.504 e. The molecule has 3 aromatic rings. The van der Waals surface area contributed by atoms with Crippen molar-refractivity contribution in [1.82, 2.24) is 4.98 Å². The Bertz CT molecular complexity index is 1080. The Hall–Kier alpha value is -2.85. The quantitative estimate of drug-likeness (QED) is 0.525. The molecule has 2 aromatic carbocycles. The molecular weight excluding hydrogens is 304 g/mol. The number of phenolic OH excluding ortho intramolecular Hbond substituents is 2. The van der Waals surface area contributed by atoms with Gasteiger partial charge in [0.25, 0.3) is 0 Å². The summed E-state index contributed by atoms with van der Waals surface area (Å²) in [6.45, 7) is 0. The molecule has 7 heteroatoms. The van der Waals surface area contributed by atoms with Crippen LogP contribution in [0.5, 0.6) is 11.5 Å². The third-order valence-corrected chi connectivity index (χ3v) is 4.48. The average molecular weight is 314 g/mol. The predicted octanol–water partition coefficient (Wildman–Crippen LogP) is 2.07. The lowest BCUT2D eigenvalue weighted by Gasteiger charge is -2.08. The first kappa shape index (κ1) is 14.1. The van der Waals surface area contributed by atoms with Crippen molar-refractivity contribution in [2.45, 2.75) is 4.90 Å². The second-order valence-corrected chi connectivity index (χ2v) is 6.93. The molecule has 110 valence electrons. The summed E-state index contributed by atoms with van der Waals surface area (Å²) in [4.78, 5) is 4.39. The van der Waals surface area contributed by atoms with E-state index in [4.69, 9.17) is 5.26 Å². The van der Waals surface area contributed by atoms with E-state index >= 15 is 0 Å². The van der Waals surface area contributed by atoms with Gasteiger partial charge in [-0.3, -0.25) is 0 Å². The molecule has 1 aromatic heterocycles. The highest BCUT2D eigenvalue weighted by Gasteiger charge is 2.15. The van der Waals surface area contributed by atoms with Crippen molar-refractivity contribution in [3.8, 4) is 17.6 Å². The summed E-state index contributed by atoms with van der Waals surface area (Å²) >= 11 is 0. The van der Waals surface area contributed by atoms with E-state index < -0.39 is 15.6 Å². The van der Waals surface area contributed by atoms with Crippen LogP contribution in [0, 0.1) is 11.3 Å². The van der Waals surface area contributed by atoms with Gasteiger partial charge in [-0.05, 0) is 18.2 Å². The van der Waals surface area contributed by atoms with Crippen LogP contribution in [0.3, 0.4) is 0 Å². The lowest BCUT2D eigenvalue weighted by molar-refractivity contribution is 0.408. The zero-order valence-electron chi connectivity index (χ0n) is 11.4. The molecule has 0 aliphatic carbocycles. The van der Waals surface area contributed by atoms with Crippen molar-refractivity contribution in [1.29, 1.82) is 5.26 Å². The van der Waals surface area contributed by atoms with Gasteiger partial charge in [-0.25, -0.2) is 13.4 Å². The van der Waals surface area contributed by atoms with Crippen LogP contribution < -0.4 is 0 Å². The van der Waals surface area contributed by atoms with Gasteiger partial charge in [0.05, 0.1) is 21.5 Å². The fraction of sp³-hybridized carbons (Fsp3) is 0.0667. The summed E-state index contributed by atoms with van der Waals surface area (Å²) in [5, 5.41) is 29.5. The molecule has 0 amide bonds. The number of fused-ring (bicyclic) bond motifs is 2. The normalized spacial score (nSPS) is 11.6. The number of sulfone groups is 1. The molecule has 0 fully saturated rings. The van der Waals surface area contributed by atoms with Gasteiger partial charge in [-0.15, -0.1) is 0 Å². The maximum Gasteiger partial charge on any atom is 0.175 e. The van der Waals surface area contributed by atoms with Gasteiger partial charge >= 0.3 is 0 Å². The highest BCUT2D eigenvalue weighted by molar-refractivity contribution is 7.90. The van der Waals surface area contributed by atoms with E-state index in [9.17, 15) is 18.6 Å². The zero-order chi connectivity index (χ0) is 16.1. The van der Waals surface area contributed by atoms with Crippen LogP contribution in [0.15, 0.2) is 35.2 Å². The van der Waals surface area contributed by atoms with E-state index in [-0.39, 0.29) is 27.1 Å². The van der Waals surface area contributed by atoms with Crippen LogP contribution in [-0.2, 0) is 9.84 Å². The van der Waals surface area contributed by atoms with Crippen molar-refractivity contribution in [3.63, 3.8) is 0 Å². The molecule has 0 aliphatic heterocycles. The summed E-state index contributed by atoms with van der Waals surface area (Å²) in [5.74, 6) is -0.770. The van der Waals surface area contributed by atoms with Gasteiger partial charge in [0.2, 0.25) is 0 Å². The van der Waals surface area contributed by atoms with Crippen LogP contribution in [0.2, 0.25) is 0 Å². The number of aromatic hydroxyl groups is 2. The number of aromatic nitrogens is 1. The molecule has 3 rings (SSSR count). The Morgan fingerprint density at radius 1 is 1.18 bits per heavy atom. The van der Waals surface area contributed by atoms with Gasteiger partial charge in [0, 0.05) is 23.1 Å². The number of hydrogen-bond acceptors (Lipinski definition) is 6. The van der Waals surface area contributed by atoms with E-state index in [0.29, 0.717) is 10.9 Å². The summed E-state index contributed by atoms with van der Waals surface area (Å²) in [6, 6.07) is 8.99. The van der Waals surface area contributed by atoms with Crippen LogP contribution in [0.25, 0.3) is 21.8 Å². The predicted molar refractivity (Wildman–Crippen MR) is 80.4 cm³/mol. The van der Waals surface area contributed by atoms with E-state index in [1.54, 1.807) is 12.1 Å². The summed E-state index contributed by atoms with van der Waals surface area (Å²) in [5.41, 5.74) is 0.685. The minimum atomic E-state index is -3.37. The second kappa shape index (κ2) is 4.58. The molecule has 0 saturated carbocycles. The van der Waals surface area contributed by atoms with Crippen molar-refractivity contribution >= 4 is 31.6 Å². The Balaban J connectivity index is 2.47. The molecular formula is C15H10N2O4S. The first-order valence-corrected chi connectivity index (χ1v) is 8.10. The van der Waals surface area contributed by atoms with Crippen molar-refractivity contribution in [2.24, 2.45) is 0 Å². The molecule has 0 atom stereocenters. The van der Waals surface area contributed by atoms with Crippen molar-refractivity contribution in [3.05, 3.63) is 35.9 Å². The fourth-order valence-corrected chi connectivity index (χ4v) is 2.90. The summed E-state index contributed by atoms with van der Waals surface area (Å²) < 4.78 is 23.2. The zero-order valence-corrected chi connectivity index (χ0v) is 12.2. The summed E-state index contributed by atoms with van der Waals surface area (Å²) in [7, 11) is -3.37. The second-order valence-electron chi connectivity index (χ2n) is 4.91. The molecule has 0 saturated heterocycles. The molecule has 6 nitrogen and oxygen atoms in total. The third kappa shape index (κ3) is 2.10. The first-order valence-electron chi connectivity index (χ1n) is 6.21. The third-order valence-electron chi connectivity index (χ3n) is 3.37. The van der Waals surface area contributed by atoms with E-state index in [1.807, 2.05) is 6.07 Å². The molecule has 0 unspecified atom stereocenters. The van der Waals surface area contributed by atoms with Crippen LogP contribution in [0.4, 0.5) is 0 Å². The Morgan fingerprint density at radius 3 is 2.55 bits per heavy atom. The monoisotopic (exact) mass is 314 g/mol. The fourth-order valence-electron chi connectivity index (χ4n) is 2.26. The topological polar surface area (TPSA) is 111 Å². The molecule has 1 heterocycles. The average Bonchev–Trinajstić information content (AvgIpc) is 2.48. The van der Waals surface area contributed by atoms with Gasteiger partial charge < -0.3 is 10.2 Å². The number of hydrogen-bond donors (Lipinski definition) is 2. The van der Waals surface area contributed by atoms with Crippen LogP contribution in [0.1, 0.15) is 5.56 Å². The number of phenols is 2. The number of rotatable bonds is 1. The minimum Gasteiger partial charge on any atom is -0.504 e. The minimum absolute atomic E-state index is 0.0944. The SMILES string of the molecule is CS(=O)(=O)c1ccc2cc3c(O)c(O)cc(C#N)c3nc2c1. The van der Waals surface area contributed by atoms with Gasteiger partial charge in [-0.1, -0.05) is 6.07 Å². The van der Waals surface area contributed by atoms with E-state index in [0.717, 1.165) is 12.3 Å². The highest BCUT2D eigenvalue weighted by Crippen LogP contribution is 2.36. The van der Waals surface area contributed by atoms with E-state index in [2.05, 4.69) is 4.98 Å². The first-order chi connectivity index (χ1) is 10.3. The summed E-state index contributed by atoms with van der Waals surface area (Å²) in [6.07, 6.45) is 1.10. The molecule has 0 radical (unpaired) electrons. The van der Waals surface area contributed by atoms with E-state index in [1.165, 1.54) is 12.1 Å². The van der Waals surface area contributed by atoms with Crippen LogP contribution in [-0.4, -0.2) is 29.9 Å². The molecule has 0 bridgehead atoms. The van der Waals surface area contributed by atoms with Crippen molar-refractivity contribution in [2.75, 3.05) is 6.26 Å². The maximum absolute atomic E-state index is 11.6. The van der Waals surface area contributed by atoms with Gasteiger partial charge in [0.1, 0.15) is 6.07 Å². The smallest absolute Gasteiger partial charge is 0.175 e. The molecule has 0 spiro atoms. The molecule has 2 N–H and O–H groups in total. The standard InChI is InChI=1S/C15H10N2O4S/c1-22(20,21)10-3-2-8-4-11-14(17-12(8)6-10)9(7-16)5-13(18)15(11)19/h2-6,18-19H,1H3. The van der Waals surface area contributed by atoms with Gasteiger partial charge in [-0.2, -0.15) is 5.26 Å².